The Labute approximate surface area is 266 Å². The van der Waals surface area contributed by atoms with E-state index in [4.69, 9.17) is 18.5 Å². The monoisotopic (exact) mass is 635 g/mol. The molecule has 0 aromatic carbocycles. The zero-order valence-electron chi connectivity index (χ0n) is 28.9. The maximum Gasteiger partial charge on any atom is 0.306 e. The Balaban J connectivity index is 4.32. The summed E-state index contributed by atoms with van der Waals surface area (Å²) in [4.78, 5) is 24.8. The van der Waals surface area contributed by atoms with E-state index in [0.29, 0.717) is 24.1 Å². The lowest BCUT2D eigenvalue weighted by molar-refractivity contribution is -0.870. The maximum atomic E-state index is 12.5. The summed E-state index contributed by atoms with van der Waals surface area (Å²) in [6.07, 6.45) is 25.3. The lowest BCUT2D eigenvalue weighted by Gasteiger charge is -2.28. The molecule has 0 aliphatic rings. The third-order valence-corrected chi connectivity index (χ3v) is 8.62. The minimum atomic E-state index is -4.50. The van der Waals surface area contributed by atoms with Crippen LogP contribution in [0.2, 0.25) is 0 Å². The fourth-order valence-corrected chi connectivity index (χ4v) is 5.57. The largest absolute Gasteiger partial charge is 0.756 e. The van der Waals surface area contributed by atoms with Crippen LogP contribution >= 0.6 is 7.82 Å². The standard InChI is InChI=1S/C34H70NO7P/c1-6-8-10-12-14-16-18-20-22-24-26-29-39-31-33(32-41-43(37,38)40-30-28-35(3,4)5)42-34(36)27-25-23-21-19-17-15-13-11-9-7-2/h33H,6-32H2,1-5H3. The number of unbranched alkanes of at least 4 members (excludes halogenated alkanes) is 19. The number of likely N-dealkylation sites (N-methyl/N-ethyl adjacent to an activating group) is 1. The van der Waals surface area contributed by atoms with Crippen LogP contribution in [0.4, 0.5) is 0 Å². The van der Waals surface area contributed by atoms with Gasteiger partial charge in [-0.3, -0.25) is 9.36 Å². The molecule has 2 unspecified atom stereocenters. The summed E-state index contributed by atoms with van der Waals surface area (Å²) in [6.45, 7) is 5.40. The Morgan fingerprint density at radius 2 is 1.07 bits per heavy atom. The molecule has 0 saturated carbocycles. The molecular weight excluding hydrogens is 565 g/mol. The lowest BCUT2D eigenvalue weighted by atomic mass is 10.1. The van der Waals surface area contributed by atoms with Crippen molar-refractivity contribution in [3.63, 3.8) is 0 Å². The second-order valence-corrected chi connectivity index (χ2v) is 14.7. The molecule has 258 valence electrons. The first-order chi connectivity index (χ1) is 20.6. The van der Waals surface area contributed by atoms with Gasteiger partial charge in [-0.05, 0) is 12.8 Å². The lowest BCUT2D eigenvalue weighted by Crippen LogP contribution is -2.37. The van der Waals surface area contributed by atoms with Crippen LogP contribution in [0.15, 0.2) is 0 Å². The third-order valence-electron chi connectivity index (χ3n) is 7.66. The van der Waals surface area contributed by atoms with Gasteiger partial charge in [0.1, 0.15) is 19.3 Å². The Morgan fingerprint density at radius 1 is 0.628 bits per heavy atom. The van der Waals surface area contributed by atoms with Gasteiger partial charge in [-0.2, -0.15) is 0 Å². The molecule has 0 aliphatic heterocycles. The first-order valence-electron chi connectivity index (χ1n) is 17.8. The smallest absolute Gasteiger partial charge is 0.306 e. The van der Waals surface area contributed by atoms with E-state index in [2.05, 4.69) is 13.8 Å². The van der Waals surface area contributed by atoms with Crippen molar-refractivity contribution in [1.82, 2.24) is 0 Å². The van der Waals surface area contributed by atoms with Crippen LogP contribution in [-0.4, -0.2) is 70.7 Å². The van der Waals surface area contributed by atoms with Gasteiger partial charge in [0.15, 0.2) is 0 Å². The summed E-state index contributed by atoms with van der Waals surface area (Å²) in [5.74, 6) is -0.335. The molecule has 0 aromatic rings. The number of nitrogens with zero attached hydrogens (tertiary/aromatic N) is 1. The van der Waals surface area contributed by atoms with Gasteiger partial charge in [-0.1, -0.05) is 136 Å². The summed E-state index contributed by atoms with van der Waals surface area (Å²) < 4.78 is 34.3. The summed E-state index contributed by atoms with van der Waals surface area (Å²) in [5.41, 5.74) is 0. The molecule has 0 fully saturated rings. The number of phosphoric ester groups is 1. The molecule has 0 radical (unpaired) electrons. The van der Waals surface area contributed by atoms with Crippen molar-refractivity contribution >= 4 is 13.8 Å². The SMILES string of the molecule is CCCCCCCCCCCCCOCC(COP(=O)([O-])OCC[N+](C)(C)C)OC(=O)CCCCCCCCCCCC. The summed E-state index contributed by atoms with van der Waals surface area (Å²) >= 11 is 0. The quantitative estimate of drug-likeness (QED) is 0.0308. The molecule has 0 saturated heterocycles. The predicted octanol–water partition coefficient (Wildman–Crippen LogP) is 8.74. The van der Waals surface area contributed by atoms with Crippen LogP contribution in [0.1, 0.15) is 155 Å². The summed E-state index contributed by atoms with van der Waals surface area (Å²) in [5, 5.41) is 0. The molecule has 0 rings (SSSR count). The predicted molar refractivity (Wildman–Crippen MR) is 176 cm³/mol. The number of ether oxygens (including phenoxy) is 2. The average Bonchev–Trinajstić information content (AvgIpc) is 2.94. The highest BCUT2D eigenvalue weighted by atomic mass is 31.2. The first kappa shape index (κ1) is 42.5. The molecule has 0 N–H and O–H groups in total. The average molecular weight is 636 g/mol. The number of hydrogen-bond acceptors (Lipinski definition) is 7. The zero-order valence-corrected chi connectivity index (χ0v) is 29.8. The van der Waals surface area contributed by atoms with Crippen molar-refractivity contribution in [3.8, 4) is 0 Å². The Morgan fingerprint density at radius 3 is 1.53 bits per heavy atom. The molecule has 2 atom stereocenters. The molecule has 43 heavy (non-hydrogen) atoms. The minimum Gasteiger partial charge on any atom is -0.756 e. The number of rotatable bonds is 33. The van der Waals surface area contributed by atoms with E-state index in [0.717, 1.165) is 32.1 Å². The van der Waals surface area contributed by atoms with Gasteiger partial charge < -0.3 is 27.9 Å². The number of quaternary nitrogens is 1. The molecule has 0 heterocycles. The highest BCUT2D eigenvalue weighted by Gasteiger charge is 2.20. The Bertz CT molecular complexity index is 672. The fraction of sp³-hybridized carbons (Fsp3) is 0.971. The summed E-state index contributed by atoms with van der Waals surface area (Å²) in [6, 6.07) is 0. The van der Waals surface area contributed by atoms with E-state index >= 15 is 0 Å². The molecule has 0 aromatic heterocycles. The highest BCUT2D eigenvalue weighted by Crippen LogP contribution is 2.38. The van der Waals surface area contributed by atoms with E-state index in [9.17, 15) is 14.3 Å². The molecule has 8 nitrogen and oxygen atoms in total. The van der Waals surface area contributed by atoms with Crippen LogP contribution in [0.5, 0.6) is 0 Å². The number of esters is 1. The van der Waals surface area contributed by atoms with Gasteiger partial charge in [0, 0.05) is 13.0 Å². The van der Waals surface area contributed by atoms with E-state index in [1.54, 1.807) is 0 Å². The van der Waals surface area contributed by atoms with Crippen LogP contribution in [0, 0.1) is 0 Å². The van der Waals surface area contributed by atoms with Crippen LogP contribution in [-0.2, 0) is 27.9 Å². The van der Waals surface area contributed by atoms with Crippen molar-refractivity contribution in [3.05, 3.63) is 0 Å². The van der Waals surface area contributed by atoms with Gasteiger partial charge >= 0.3 is 5.97 Å². The van der Waals surface area contributed by atoms with Gasteiger partial charge in [0.05, 0.1) is 34.4 Å². The van der Waals surface area contributed by atoms with Crippen molar-refractivity contribution < 1.29 is 37.3 Å². The number of carbonyl (C=O) groups is 1. The normalized spacial score (nSPS) is 14.1. The maximum absolute atomic E-state index is 12.5. The topological polar surface area (TPSA) is 94.1 Å². The number of phosphoric acid groups is 1. The molecule has 9 heteroatoms. The Kier molecular flexibility index (Phi) is 28.6. The van der Waals surface area contributed by atoms with Crippen molar-refractivity contribution in [1.29, 1.82) is 0 Å². The van der Waals surface area contributed by atoms with Crippen molar-refractivity contribution in [2.75, 3.05) is 54.1 Å². The van der Waals surface area contributed by atoms with Gasteiger partial charge in [0.2, 0.25) is 0 Å². The molecule has 0 amide bonds. The van der Waals surface area contributed by atoms with Crippen molar-refractivity contribution in [2.45, 2.75) is 161 Å². The first-order valence-corrected chi connectivity index (χ1v) is 19.2. The molecule has 0 aliphatic carbocycles. The molecular formula is C34H70NO7P. The van der Waals surface area contributed by atoms with E-state index in [-0.39, 0.29) is 25.8 Å². The highest BCUT2D eigenvalue weighted by molar-refractivity contribution is 7.45. The van der Waals surface area contributed by atoms with E-state index in [1.807, 2.05) is 21.1 Å². The summed E-state index contributed by atoms with van der Waals surface area (Å²) in [7, 11) is 1.37. The minimum absolute atomic E-state index is 0.0306. The van der Waals surface area contributed by atoms with Crippen LogP contribution < -0.4 is 4.89 Å². The fourth-order valence-electron chi connectivity index (χ4n) is 4.84. The number of hydrogen-bond donors (Lipinski definition) is 0. The molecule has 0 bridgehead atoms. The second-order valence-electron chi connectivity index (χ2n) is 13.2. The Hall–Kier alpha value is -0.500. The number of carbonyl (C=O) groups excluding carboxylic acids is 1. The van der Waals surface area contributed by atoms with Crippen LogP contribution in [0.25, 0.3) is 0 Å². The molecule has 0 spiro atoms. The van der Waals surface area contributed by atoms with E-state index in [1.165, 1.54) is 103 Å². The third kappa shape index (κ3) is 32.7. The van der Waals surface area contributed by atoms with Crippen LogP contribution in [0.3, 0.4) is 0 Å². The van der Waals surface area contributed by atoms with Gasteiger partial charge in [0.25, 0.3) is 7.82 Å². The van der Waals surface area contributed by atoms with Gasteiger partial charge in [-0.25, -0.2) is 0 Å². The van der Waals surface area contributed by atoms with Crippen molar-refractivity contribution in [2.24, 2.45) is 0 Å². The second kappa shape index (κ2) is 28.9. The zero-order chi connectivity index (χ0) is 32.1. The van der Waals surface area contributed by atoms with Gasteiger partial charge in [-0.15, -0.1) is 0 Å². The van der Waals surface area contributed by atoms with E-state index < -0.39 is 13.9 Å².